The van der Waals surface area contributed by atoms with Gasteiger partial charge in [0.1, 0.15) is 5.57 Å². The van der Waals surface area contributed by atoms with E-state index >= 15 is 0 Å². The molecule has 17 heavy (non-hydrogen) atoms. The third-order valence-corrected chi connectivity index (χ3v) is 2.23. The smallest absolute Gasteiger partial charge is 0.341 e. The van der Waals surface area contributed by atoms with Crippen molar-refractivity contribution < 1.29 is 14.3 Å². The van der Waals surface area contributed by atoms with Crippen LogP contribution in [-0.4, -0.2) is 18.4 Å². The minimum absolute atomic E-state index is 0.112. The fraction of sp³-hybridized carbons (Fsp3) is 0.286. The van der Waals surface area contributed by atoms with Crippen LogP contribution in [-0.2, 0) is 14.3 Å². The number of rotatable bonds is 5. The zero-order chi connectivity index (χ0) is 12.7. The number of benzene rings is 1. The fourth-order valence-electron chi connectivity index (χ4n) is 1.37. The molecule has 1 aromatic rings. The van der Waals surface area contributed by atoms with Crippen LogP contribution in [0.2, 0.25) is 0 Å². The van der Waals surface area contributed by atoms with E-state index in [0.717, 1.165) is 5.56 Å². The Morgan fingerprint density at radius 2 is 1.82 bits per heavy atom. The summed E-state index contributed by atoms with van der Waals surface area (Å²) in [5, 5.41) is 0. The van der Waals surface area contributed by atoms with Gasteiger partial charge in [-0.2, -0.15) is 0 Å². The molecule has 0 heterocycles. The van der Waals surface area contributed by atoms with Gasteiger partial charge in [-0.25, -0.2) is 4.79 Å². The van der Waals surface area contributed by atoms with Gasteiger partial charge in [-0.15, -0.1) is 0 Å². The average molecular weight is 232 g/mol. The van der Waals surface area contributed by atoms with Crippen molar-refractivity contribution >= 4 is 17.8 Å². The zero-order valence-corrected chi connectivity index (χ0v) is 10.1. The highest BCUT2D eigenvalue weighted by Gasteiger charge is 2.17. The second kappa shape index (κ2) is 6.63. The molecule has 0 radical (unpaired) electrons. The van der Waals surface area contributed by atoms with E-state index in [1.165, 1.54) is 0 Å². The van der Waals surface area contributed by atoms with Gasteiger partial charge in [-0.3, -0.25) is 4.79 Å². The van der Waals surface area contributed by atoms with Gasteiger partial charge in [-0.1, -0.05) is 37.3 Å². The van der Waals surface area contributed by atoms with E-state index in [-0.39, 0.29) is 24.4 Å². The van der Waals surface area contributed by atoms with Crippen LogP contribution in [0.15, 0.2) is 35.9 Å². The van der Waals surface area contributed by atoms with Gasteiger partial charge in [0, 0.05) is 6.42 Å². The Bertz CT molecular complexity index is 418. The van der Waals surface area contributed by atoms with E-state index in [1.54, 1.807) is 19.9 Å². The van der Waals surface area contributed by atoms with Crippen molar-refractivity contribution in [2.45, 2.75) is 20.3 Å². The molecule has 0 N–H and O–H groups in total. The van der Waals surface area contributed by atoms with Crippen LogP contribution in [0.3, 0.4) is 0 Å². The van der Waals surface area contributed by atoms with Crippen molar-refractivity contribution in [3.05, 3.63) is 41.5 Å². The number of ketones is 1. The number of carbonyl (C=O) groups excluding carboxylic acids is 2. The van der Waals surface area contributed by atoms with Crippen LogP contribution in [0.1, 0.15) is 25.8 Å². The maximum absolute atomic E-state index is 11.7. The third kappa shape index (κ3) is 3.87. The number of carbonyl (C=O) groups is 2. The molecule has 0 saturated carbocycles. The summed E-state index contributed by atoms with van der Waals surface area (Å²) in [6, 6.07) is 9.25. The third-order valence-electron chi connectivity index (χ3n) is 2.23. The molecule has 0 aliphatic rings. The first-order chi connectivity index (χ1) is 8.19. The Morgan fingerprint density at radius 1 is 1.18 bits per heavy atom. The van der Waals surface area contributed by atoms with Crippen LogP contribution in [0.25, 0.3) is 6.08 Å². The second-order valence-electron chi connectivity index (χ2n) is 3.47. The normalized spacial score (nSPS) is 11.1. The van der Waals surface area contributed by atoms with Gasteiger partial charge in [0.25, 0.3) is 0 Å². The molecule has 3 nitrogen and oxygen atoms in total. The SMILES string of the molecule is CCOC(=O)C(=Cc1ccccc1)C(=O)CC. The molecule has 0 saturated heterocycles. The Balaban J connectivity index is 3.02. The molecular weight excluding hydrogens is 216 g/mol. The first-order valence-corrected chi connectivity index (χ1v) is 5.66. The average Bonchev–Trinajstić information content (AvgIpc) is 2.36. The largest absolute Gasteiger partial charge is 0.462 e. The standard InChI is InChI=1S/C14H16O3/c1-3-13(15)12(14(16)17-4-2)10-11-8-6-5-7-9-11/h5-10H,3-4H2,1-2H3. The summed E-state index contributed by atoms with van der Waals surface area (Å²) in [7, 11) is 0. The second-order valence-corrected chi connectivity index (χ2v) is 3.47. The predicted octanol–water partition coefficient (Wildman–Crippen LogP) is 2.61. The van der Waals surface area contributed by atoms with E-state index < -0.39 is 5.97 Å². The molecule has 3 heteroatoms. The van der Waals surface area contributed by atoms with Crippen LogP contribution < -0.4 is 0 Å². The van der Waals surface area contributed by atoms with Crippen LogP contribution in [0.4, 0.5) is 0 Å². The highest BCUT2D eigenvalue weighted by Crippen LogP contribution is 2.10. The molecule has 0 fully saturated rings. The number of esters is 1. The highest BCUT2D eigenvalue weighted by molar-refractivity contribution is 6.20. The lowest BCUT2D eigenvalue weighted by molar-refractivity contribution is -0.139. The Kier molecular flexibility index (Phi) is 5.14. The van der Waals surface area contributed by atoms with E-state index in [1.807, 2.05) is 30.3 Å². The van der Waals surface area contributed by atoms with Gasteiger partial charge in [0.05, 0.1) is 6.61 Å². The van der Waals surface area contributed by atoms with Crippen molar-refractivity contribution in [1.82, 2.24) is 0 Å². The number of Topliss-reactive ketones (excluding diaryl/α,β-unsaturated/α-hetero) is 1. The van der Waals surface area contributed by atoms with Gasteiger partial charge < -0.3 is 4.74 Å². The van der Waals surface area contributed by atoms with E-state index in [2.05, 4.69) is 0 Å². The lowest BCUT2D eigenvalue weighted by atomic mass is 10.1. The number of hydrogen-bond donors (Lipinski definition) is 0. The minimum atomic E-state index is -0.553. The monoisotopic (exact) mass is 232 g/mol. The zero-order valence-electron chi connectivity index (χ0n) is 10.1. The Labute approximate surface area is 101 Å². The molecule has 0 atom stereocenters. The van der Waals surface area contributed by atoms with Gasteiger partial charge in [0.2, 0.25) is 0 Å². The summed E-state index contributed by atoms with van der Waals surface area (Å²) in [4.78, 5) is 23.3. The molecule has 0 amide bonds. The molecule has 0 aliphatic heterocycles. The first kappa shape index (κ1) is 13.2. The van der Waals surface area contributed by atoms with E-state index in [9.17, 15) is 9.59 Å². The molecule has 1 rings (SSSR count). The van der Waals surface area contributed by atoms with Crippen LogP contribution in [0.5, 0.6) is 0 Å². The minimum Gasteiger partial charge on any atom is -0.462 e. The maximum atomic E-state index is 11.7. The highest BCUT2D eigenvalue weighted by atomic mass is 16.5. The fourth-order valence-corrected chi connectivity index (χ4v) is 1.37. The Hall–Kier alpha value is -1.90. The molecule has 0 aliphatic carbocycles. The van der Waals surface area contributed by atoms with Gasteiger partial charge in [0.15, 0.2) is 5.78 Å². The first-order valence-electron chi connectivity index (χ1n) is 5.66. The van der Waals surface area contributed by atoms with Crippen LogP contribution in [0, 0.1) is 0 Å². The molecule has 0 spiro atoms. The summed E-state index contributed by atoms with van der Waals surface area (Å²) in [5.41, 5.74) is 0.929. The molecule has 90 valence electrons. The van der Waals surface area contributed by atoms with Crippen molar-refractivity contribution in [2.75, 3.05) is 6.61 Å². The van der Waals surface area contributed by atoms with Crippen molar-refractivity contribution in [3.63, 3.8) is 0 Å². The molecular formula is C14H16O3. The maximum Gasteiger partial charge on any atom is 0.341 e. The molecule has 0 bridgehead atoms. The predicted molar refractivity (Wildman–Crippen MR) is 66.4 cm³/mol. The Morgan fingerprint density at radius 3 is 2.35 bits per heavy atom. The molecule has 0 unspecified atom stereocenters. The summed E-state index contributed by atoms with van der Waals surface area (Å²) < 4.78 is 4.87. The van der Waals surface area contributed by atoms with Crippen molar-refractivity contribution in [1.29, 1.82) is 0 Å². The van der Waals surface area contributed by atoms with Gasteiger partial charge >= 0.3 is 5.97 Å². The van der Waals surface area contributed by atoms with Crippen molar-refractivity contribution in [2.24, 2.45) is 0 Å². The summed E-state index contributed by atoms with van der Waals surface area (Å²) in [5.74, 6) is -0.754. The topological polar surface area (TPSA) is 43.4 Å². The lowest BCUT2D eigenvalue weighted by Gasteiger charge is -2.04. The lowest BCUT2D eigenvalue weighted by Crippen LogP contribution is -2.15. The summed E-state index contributed by atoms with van der Waals surface area (Å²) >= 11 is 0. The summed E-state index contributed by atoms with van der Waals surface area (Å²) in [6.07, 6.45) is 1.86. The van der Waals surface area contributed by atoms with Crippen molar-refractivity contribution in [3.8, 4) is 0 Å². The molecule has 1 aromatic carbocycles. The van der Waals surface area contributed by atoms with Gasteiger partial charge in [-0.05, 0) is 18.6 Å². The van der Waals surface area contributed by atoms with Crippen LogP contribution >= 0.6 is 0 Å². The van der Waals surface area contributed by atoms with E-state index in [4.69, 9.17) is 4.74 Å². The number of hydrogen-bond acceptors (Lipinski definition) is 3. The molecule has 0 aromatic heterocycles. The summed E-state index contributed by atoms with van der Waals surface area (Å²) in [6.45, 7) is 3.71. The quantitative estimate of drug-likeness (QED) is 0.339. The number of ether oxygens (including phenoxy) is 1. The van der Waals surface area contributed by atoms with E-state index in [0.29, 0.717) is 0 Å².